The van der Waals surface area contributed by atoms with Crippen molar-refractivity contribution in [2.24, 2.45) is 0 Å². The summed E-state index contributed by atoms with van der Waals surface area (Å²) in [5.74, 6) is -0.911. The van der Waals surface area contributed by atoms with Gasteiger partial charge in [-0.05, 0) is 29.8 Å². The average molecular weight is 242 g/mol. The molecule has 4 nitrogen and oxygen atoms in total. The molecule has 0 saturated heterocycles. The van der Waals surface area contributed by atoms with Gasteiger partial charge in [-0.2, -0.15) is 0 Å². The normalized spacial score (nSPS) is 10.1. The molecule has 0 bridgehead atoms. The summed E-state index contributed by atoms with van der Waals surface area (Å²) >= 11 is 0. The molecule has 0 spiro atoms. The fraction of sp³-hybridized carbons (Fsp3) is 0.143. The van der Waals surface area contributed by atoms with E-state index >= 15 is 0 Å². The first-order valence-electron chi connectivity index (χ1n) is 5.60. The maximum atomic E-state index is 10.9. The number of aromatic carboxylic acids is 1. The van der Waals surface area contributed by atoms with Crippen LogP contribution in [0.5, 0.6) is 0 Å². The van der Waals surface area contributed by atoms with E-state index in [0.29, 0.717) is 12.1 Å². The van der Waals surface area contributed by atoms with Gasteiger partial charge in [0, 0.05) is 31.7 Å². The van der Waals surface area contributed by atoms with Gasteiger partial charge in [0.25, 0.3) is 0 Å². The SMILES string of the molecule is CN(Cc1cccnc1)c1cccc(C(=O)O)c1. The number of benzene rings is 1. The highest BCUT2D eigenvalue weighted by molar-refractivity contribution is 5.88. The predicted octanol–water partition coefficient (Wildman–Crippen LogP) is 2.42. The third-order valence-corrected chi connectivity index (χ3v) is 2.68. The van der Waals surface area contributed by atoms with Crippen molar-refractivity contribution in [1.82, 2.24) is 4.98 Å². The Morgan fingerprint density at radius 1 is 1.33 bits per heavy atom. The molecule has 1 aromatic carbocycles. The minimum atomic E-state index is -0.911. The van der Waals surface area contributed by atoms with Gasteiger partial charge in [0.05, 0.1) is 5.56 Å². The van der Waals surface area contributed by atoms with Crippen molar-refractivity contribution in [3.8, 4) is 0 Å². The standard InChI is InChI=1S/C14H14N2O2/c1-16(10-11-4-3-7-15-9-11)13-6-2-5-12(8-13)14(17)18/h2-9H,10H2,1H3,(H,17,18). The molecule has 0 aliphatic rings. The van der Waals surface area contributed by atoms with Crippen molar-refractivity contribution in [2.45, 2.75) is 6.54 Å². The van der Waals surface area contributed by atoms with Gasteiger partial charge in [-0.1, -0.05) is 12.1 Å². The van der Waals surface area contributed by atoms with Crippen LogP contribution in [0, 0.1) is 0 Å². The van der Waals surface area contributed by atoms with E-state index < -0.39 is 5.97 Å². The van der Waals surface area contributed by atoms with Gasteiger partial charge in [-0.15, -0.1) is 0 Å². The highest BCUT2D eigenvalue weighted by Gasteiger charge is 2.06. The molecule has 0 radical (unpaired) electrons. The van der Waals surface area contributed by atoms with Crippen LogP contribution in [0.4, 0.5) is 5.69 Å². The van der Waals surface area contributed by atoms with Gasteiger partial charge in [0.15, 0.2) is 0 Å². The summed E-state index contributed by atoms with van der Waals surface area (Å²) in [4.78, 5) is 17.0. The van der Waals surface area contributed by atoms with Crippen LogP contribution in [-0.2, 0) is 6.54 Å². The first-order chi connectivity index (χ1) is 8.66. The zero-order valence-electron chi connectivity index (χ0n) is 10.1. The minimum absolute atomic E-state index is 0.297. The summed E-state index contributed by atoms with van der Waals surface area (Å²) in [6, 6.07) is 10.8. The van der Waals surface area contributed by atoms with Gasteiger partial charge >= 0.3 is 5.97 Å². The molecule has 0 atom stereocenters. The molecular weight excluding hydrogens is 228 g/mol. The van der Waals surface area contributed by atoms with Crippen LogP contribution in [0.3, 0.4) is 0 Å². The Morgan fingerprint density at radius 3 is 2.83 bits per heavy atom. The Morgan fingerprint density at radius 2 is 2.17 bits per heavy atom. The molecule has 18 heavy (non-hydrogen) atoms. The largest absolute Gasteiger partial charge is 0.478 e. The topological polar surface area (TPSA) is 53.4 Å². The Balaban J connectivity index is 2.16. The minimum Gasteiger partial charge on any atom is -0.478 e. The van der Waals surface area contributed by atoms with Crippen LogP contribution in [-0.4, -0.2) is 23.1 Å². The molecule has 0 fully saturated rings. The Labute approximate surface area is 106 Å². The Kier molecular flexibility index (Phi) is 3.57. The van der Waals surface area contributed by atoms with Crippen LogP contribution < -0.4 is 4.90 Å². The summed E-state index contributed by atoms with van der Waals surface area (Å²) in [5, 5.41) is 8.95. The third-order valence-electron chi connectivity index (χ3n) is 2.68. The fourth-order valence-electron chi connectivity index (χ4n) is 1.73. The molecule has 1 aromatic heterocycles. The monoisotopic (exact) mass is 242 g/mol. The Hall–Kier alpha value is -2.36. The second kappa shape index (κ2) is 5.31. The molecule has 1 heterocycles. The molecule has 0 unspecified atom stereocenters. The summed E-state index contributed by atoms with van der Waals surface area (Å²) in [6.07, 6.45) is 3.53. The molecule has 2 aromatic rings. The molecule has 92 valence electrons. The number of carbonyl (C=O) groups is 1. The zero-order valence-corrected chi connectivity index (χ0v) is 10.1. The van der Waals surface area contributed by atoms with E-state index in [0.717, 1.165) is 11.3 Å². The molecule has 0 aliphatic carbocycles. The highest BCUT2D eigenvalue weighted by atomic mass is 16.4. The van der Waals surface area contributed by atoms with E-state index in [4.69, 9.17) is 5.11 Å². The molecule has 1 N–H and O–H groups in total. The fourth-order valence-corrected chi connectivity index (χ4v) is 1.73. The van der Waals surface area contributed by atoms with Crippen molar-refractivity contribution in [3.63, 3.8) is 0 Å². The number of rotatable bonds is 4. The molecule has 0 aliphatic heterocycles. The number of pyridine rings is 1. The van der Waals surface area contributed by atoms with Crippen molar-refractivity contribution in [2.75, 3.05) is 11.9 Å². The van der Waals surface area contributed by atoms with Crippen molar-refractivity contribution in [1.29, 1.82) is 0 Å². The van der Waals surface area contributed by atoms with Gasteiger partial charge in [-0.25, -0.2) is 4.79 Å². The molecule has 0 saturated carbocycles. The zero-order chi connectivity index (χ0) is 13.0. The number of carboxylic acids is 1. The number of anilines is 1. The lowest BCUT2D eigenvalue weighted by Gasteiger charge is -2.19. The molecular formula is C14H14N2O2. The smallest absolute Gasteiger partial charge is 0.335 e. The van der Waals surface area contributed by atoms with Gasteiger partial charge in [0.1, 0.15) is 0 Å². The first kappa shape index (κ1) is 12.1. The van der Waals surface area contributed by atoms with Crippen molar-refractivity contribution in [3.05, 3.63) is 59.9 Å². The number of hydrogen-bond donors (Lipinski definition) is 1. The third kappa shape index (κ3) is 2.85. The van der Waals surface area contributed by atoms with Crippen LogP contribution in [0.15, 0.2) is 48.8 Å². The van der Waals surface area contributed by atoms with Crippen LogP contribution in [0.2, 0.25) is 0 Å². The number of nitrogens with zero attached hydrogens (tertiary/aromatic N) is 2. The van der Waals surface area contributed by atoms with E-state index in [1.165, 1.54) is 0 Å². The number of carboxylic acid groups (broad SMARTS) is 1. The van der Waals surface area contributed by atoms with E-state index in [2.05, 4.69) is 4.98 Å². The van der Waals surface area contributed by atoms with E-state index in [-0.39, 0.29) is 0 Å². The lowest BCUT2D eigenvalue weighted by atomic mass is 10.2. The van der Waals surface area contributed by atoms with Crippen molar-refractivity contribution >= 4 is 11.7 Å². The van der Waals surface area contributed by atoms with Crippen LogP contribution in [0.25, 0.3) is 0 Å². The lowest BCUT2D eigenvalue weighted by Crippen LogP contribution is -2.16. The number of aromatic nitrogens is 1. The van der Waals surface area contributed by atoms with Gasteiger partial charge in [-0.3, -0.25) is 4.98 Å². The maximum absolute atomic E-state index is 10.9. The predicted molar refractivity (Wildman–Crippen MR) is 69.7 cm³/mol. The average Bonchev–Trinajstić information content (AvgIpc) is 2.40. The Bertz CT molecular complexity index is 541. The van der Waals surface area contributed by atoms with Gasteiger partial charge < -0.3 is 10.0 Å². The van der Waals surface area contributed by atoms with Gasteiger partial charge in [0.2, 0.25) is 0 Å². The summed E-state index contributed by atoms with van der Waals surface area (Å²) in [6.45, 7) is 0.691. The maximum Gasteiger partial charge on any atom is 0.335 e. The molecule has 4 heteroatoms. The van der Waals surface area contributed by atoms with E-state index in [9.17, 15) is 4.79 Å². The molecule has 2 rings (SSSR count). The summed E-state index contributed by atoms with van der Waals surface area (Å²) in [5.41, 5.74) is 2.25. The van der Waals surface area contributed by atoms with E-state index in [1.807, 2.05) is 30.1 Å². The van der Waals surface area contributed by atoms with Crippen LogP contribution in [0.1, 0.15) is 15.9 Å². The van der Waals surface area contributed by atoms with E-state index in [1.54, 1.807) is 30.6 Å². The highest BCUT2D eigenvalue weighted by Crippen LogP contribution is 2.17. The quantitative estimate of drug-likeness (QED) is 0.894. The lowest BCUT2D eigenvalue weighted by molar-refractivity contribution is 0.0697. The summed E-state index contributed by atoms with van der Waals surface area (Å²) in [7, 11) is 1.92. The second-order valence-electron chi connectivity index (χ2n) is 4.07. The number of hydrogen-bond acceptors (Lipinski definition) is 3. The second-order valence-corrected chi connectivity index (χ2v) is 4.07. The molecule has 0 amide bonds. The van der Waals surface area contributed by atoms with Crippen LogP contribution >= 0.6 is 0 Å². The van der Waals surface area contributed by atoms with Crippen molar-refractivity contribution < 1.29 is 9.90 Å². The first-order valence-corrected chi connectivity index (χ1v) is 5.60. The summed E-state index contributed by atoms with van der Waals surface area (Å²) < 4.78 is 0.